The maximum Gasteiger partial charge on any atom is 0.303 e. The molecule has 1 heterocycles. The van der Waals surface area contributed by atoms with Crippen molar-refractivity contribution < 1.29 is 28.9 Å². The molecular formula is C27H27ClFNO5S. The molecule has 3 aromatic carbocycles. The zero-order valence-corrected chi connectivity index (χ0v) is 21.1. The molecule has 0 amide bonds. The van der Waals surface area contributed by atoms with Crippen LogP contribution in [0.1, 0.15) is 29.5 Å². The van der Waals surface area contributed by atoms with E-state index in [1.165, 1.54) is 17.2 Å². The number of carboxylic acids is 2. The molecule has 6 nitrogen and oxygen atoms in total. The molecule has 1 aliphatic rings. The Kier molecular flexibility index (Phi) is 10.6. The van der Waals surface area contributed by atoms with Gasteiger partial charge in [-0.2, -0.15) is 0 Å². The summed E-state index contributed by atoms with van der Waals surface area (Å²) in [4.78, 5) is 20.4. The Morgan fingerprint density at radius 2 is 1.64 bits per heavy atom. The molecule has 0 saturated heterocycles. The van der Waals surface area contributed by atoms with E-state index in [4.69, 9.17) is 26.6 Å². The van der Waals surface area contributed by atoms with Crippen molar-refractivity contribution in [3.05, 3.63) is 88.2 Å². The number of thioether (sulfide) groups is 1. The van der Waals surface area contributed by atoms with Crippen LogP contribution in [0.25, 0.3) is 0 Å². The molecule has 1 aliphatic heterocycles. The summed E-state index contributed by atoms with van der Waals surface area (Å²) in [6, 6.07) is 18.5. The van der Waals surface area contributed by atoms with Crippen LogP contribution in [0.4, 0.5) is 4.39 Å². The number of carboxylic acid groups (broad SMARTS) is 2. The van der Waals surface area contributed by atoms with E-state index in [2.05, 4.69) is 11.4 Å². The molecule has 0 fully saturated rings. The fourth-order valence-electron chi connectivity index (χ4n) is 3.56. The first kappa shape index (κ1) is 27.5. The van der Waals surface area contributed by atoms with Crippen LogP contribution in [0.2, 0.25) is 5.02 Å². The molecule has 0 unspecified atom stereocenters. The lowest BCUT2D eigenvalue weighted by Crippen LogP contribution is -2.16. The summed E-state index contributed by atoms with van der Waals surface area (Å²) >= 11 is 8.09. The summed E-state index contributed by atoms with van der Waals surface area (Å²) in [5, 5.41) is 20.0. The van der Waals surface area contributed by atoms with Crippen molar-refractivity contribution in [2.45, 2.75) is 36.3 Å². The van der Waals surface area contributed by atoms with E-state index in [1.54, 1.807) is 17.8 Å². The first-order chi connectivity index (χ1) is 17.3. The van der Waals surface area contributed by atoms with Crippen molar-refractivity contribution in [3.63, 3.8) is 0 Å². The lowest BCUT2D eigenvalue weighted by Gasteiger charge is -2.14. The zero-order valence-electron chi connectivity index (χ0n) is 19.5. The predicted molar refractivity (Wildman–Crippen MR) is 139 cm³/mol. The zero-order chi connectivity index (χ0) is 25.9. The Morgan fingerprint density at radius 1 is 0.944 bits per heavy atom. The van der Waals surface area contributed by atoms with Crippen molar-refractivity contribution in [2.75, 3.05) is 13.1 Å². The van der Waals surface area contributed by atoms with Gasteiger partial charge in [0, 0.05) is 16.7 Å². The number of hydrogen-bond donors (Lipinski definition) is 3. The van der Waals surface area contributed by atoms with Crippen LogP contribution in [0.3, 0.4) is 0 Å². The molecule has 0 atom stereocenters. The van der Waals surface area contributed by atoms with Crippen molar-refractivity contribution in [3.8, 4) is 11.5 Å². The fourth-order valence-corrected chi connectivity index (χ4v) is 5.05. The highest BCUT2D eigenvalue weighted by Crippen LogP contribution is 2.36. The fraction of sp³-hybridized carbons (Fsp3) is 0.259. The van der Waals surface area contributed by atoms with Gasteiger partial charge in [0.05, 0.1) is 17.9 Å². The van der Waals surface area contributed by atoms with E-state index in [0.29, 0.717) is 22.8 Å². The maximum absolute atomic E-state index is 14.6. The molecule has 0 bridgehead atoms. The monoisotopic (exact) mass is 531 g/mol. The summed E-state index contributed by atoms with van der Waals surface area (Å²) in [6.45, 7) is 1.93. The van der Waals surface area contributed by atoms with Crippen molar-refractivity contribution >= 4 is 35.3 Å². The third kappa shape index (κ3) is 8.55. The summed E-state index contributed by atoms with van der Waals surface area (Å²) in [6.07, 6.45) is 1.36. The van der Waals surface area contributed by atoms with E-state index >= 15 is 0 Å². The Labute approximate surface area is 218 Å². The molecular weight excluding hydrogens is 505 g/mol. The smallest absolute Gasteiger partial charge is 0.303 e. The number of carbonyl (C=O) groups is 2. The Balaban J connectivity index is 0.000000392. The standard InChI is InChI=1S/C23H21ClFNOS.C4H6O4/c24-21-9-7-16-10-12-26-13-11-20(16)23(21)28-15-17-6-8-19(14-22(17)25)27-18-4-2-1-3-5-18;5-3(6)1-2-4(7)8/h1-9,14,26H,10-13,15H2;1-2H2,(H,5,6)(H,7,8). The SMILES string of the molecule is Fc1cc(Oc2ccccc2)ccc1CSc1c(Cl)ccc2c1CCNCC2.O=C(O)CCC(=O)O. The van der Waals surface area contributed by atoms with E-state index in [-0.39, 0.29) is 18.7 Å². The second-order valence-corrected chi connectivity index (χ2v) is 9.40. The quantitative estimate of drug-likeness (QED) is 0.298. The van der Waals surface area contributed by atoms with E-state index < -0.39 is 11.9 Å². The van der Waals surface area contributed by atoms with Gasteiger partial charge in [-0.1, -0.05) is 41.9 Å². The molecule has 0 aliphatic carbocycles. The second kappa shape index (κ2) is 13.9. The van der Waals surface area contributed by atoms with Crippen LogP contribution >= 0.6 is 23.4 Å². The number of halogens is 2. The van der Waals surface area contributed by atoms with Crippen LogP contribution in [0.5, 0.6) is 11.5 Å². The van der Waals surface area contributed by atoms with Gasteiger partial charge in [-0.15, -0.1) is 11.8 Å². The summed E-state index contributed by atoms with van der Waals surface area (Å²) in [5.41, 5.74) is 3.28. The molecule has 0 radical (unpaired) electrons. The van der Waals surface area contributed by atoms with E-state index in [0.717, 1.165) is 35.8 Å². The van der Waals surface area contributed by atoms with Crippen molar-refractivity contribution in [1.82, 2.24) is 5.32 Å². The van der Waals surface area contributed by atoms with Crippen LogP contribution in [0.15, 0.2) is 65.6 Å². The number of ether oxygens (including phenoxy) is 1. The number of hydrogen-bond acceptors (Lipinski definition) is 5. The highest BCUT2D eigenvalue weighted by molar-refractivity contribution is 7.98. The molecule has 36 heavy (non-hydrogen) atoms. The molecule has 9 heteroatoms. The lowest BCUT2D eigenvalue weighted by molar-refractivity contribution is -0.143. The van der Waals surface area contributed by atoms with Crippen LogP contribution in [-0.4, -0.2) is 35.2 Å². The van der Waals surface area contributed by atoms with Gasteiger partial charge >= 0.3 is 11.9 Å². The van der Waals surface area contributed by atoms with Gasteiger partial charge in [-0.05, 0) is 66.9 Å². The first-order valence-corrected chi connectivity index (χ1v) is 12.8. The average Bonchev–Trinajstić information content (AvgIpc) is 3.10. The van der Waals surface area contributed by atoms with Crippen LogP contribution in [0, 0.1) is 5.82 Å². The molecule has 4 rings (SSSR count). The minimum absolute atomic E-state index is 0.263. The molecule has 0 aromatic heterocycles. The molecule has 0 saturated carbocycles. The van der Waals surface area contributed by atoms with Gasteiger partial charge in [-0.25, -0.2) is 4.39 Å². The minimum atomic E-state index is -1.08. The maximum atomic E-state index is 14.6. The number of para-hydroxylation sites is 1. The Hall–Kier alpha value is -3.07. The average molecular weight is 532 g/mol. The second-order valence-electron chi connectivity index (χ2n) is 8.01. The Morgan fingerprint density at radius 3 is 2.31 bits per heavy atom. The highest BCUT2D eigenvalue weighted by Gasteiger charge is 2.16. The number of benzene rings is 3. The highest BCUT2D eigenvalue weighted by atomic mass is 35.5. The van der Waals surface area contributed by atoms with Gasteiger partial charge in [0.15, 0.2) is 0 Å². The van der Waals surface area contributed by atoms with E-state index in [9.17, 15) is 14.0 Å². The predicted octanol–water partition coefficient (Wildman–Crippen LogP) is 6.19. The van der Waals surface area contributed by atoms with Crippen molar-refractivity contribution in [2.24, 2.45) is 0 Å². The van der Waals surface area contributed by atoms with Crippen LogP contribution in [-0.2, 0) is 28.2 Å². The van der Waals surface area contributed by atoms with Gasteiger partial charge in [0.1, 0.15) is 17.3 Å². The van der Waals surface area contributed by atoms with Crippen LogP contribution < -0.4 is 10.1 Å². The lowest BCUT2D eigenvalue weighted by atomic mass is 10.0. The van der Waals surface area contributed by atoms with Gasteiger partial charge < -0.3 is 20.3 Å². The number of aliphatic carboxylic acids is 2. The Bertz CT molecular complexity index is 1180. The summed E-state index contributed by atoms with van der Waals surface area (Å²) < 4.78 is 20.3. The summed E-state index contributed by atoms with van der Waals surface area (Å²) in [5.74, 6) is -0.701. The normalized spacial score (nSPS) is 12.5. The topological polar surface area (TPSA) is 95.9 Å². The number of rotatable bonds is 8. The molecule has 3 N–H and O–H groups in total. The minimum Gasteiger partial charge on any atom is -0.481 e. The van der Waals surface area contributed by atoms with Gasteiger partial charge in [0.25, 0.3) is 0 Å². The largest absolute Gasteiger partial charge is 0.481 e. The third-order valence-corrected chi connectivity index (χ3v) is 7.00. The van der Waals surface area contributed by atoms with E-state index in [1.807, 2.05) is 42.5 Å². The third-order valence-electron chi connectivity index (χ3n) is 5.36. The molecule has 3 aromatic rings. The summed E-state index contributed by atoms with van der Waals surface area (Å²) in [7, 11) is 0. The molecule has 0 spiro atoms. The number of nitrogens with one attached hydrogen (secondary N) is 1. The first-order valence-electron chi connectivity index (χ1n) is 11.4. The number of fused-ring (bicyclic) bond motifs is 1. The van der Waals surface area contributed by atoms with Gasteiger partial charge in [-0.3, -0.25) is 9.59 Å². The van der Waals surface area contributed by atoms with Gasteiger partial charge in [0.2, 0.25) is 0 Å². The molecule has 190 valence electrons. The van der Waals surface area contributed by atoms with Crippen molar-refractivity contribution in [1.29, 1.82) is 0 Å².